The first-order valence-electron chi connectivity index (χ1n) is 4.82. The molecule has 2 heterocycles. The second-order valence-corrected chi connectivity index (χ2v) is 3.04. The molecule has 84 valence electrons. The maximum absolute atomic E-state index is 11.5. The van der Waals surface area contributed by atoms with Crippen LogP contribution in [0.2, 0.25) is 0 Å². The molecular formula is C10H11N3O3. The zero-order chi connectivity index (χ0) is 11.5. The molecule has 0 bridgehead atoms. The van der Waals surface area contributed by atoms with Crippen molar-refractivity contribution >= 4 is 11.6 Å². The van der Waals surface area contributed by atoms with E-state index < -0.39 is 5.97 Å². The van der Waals surface area contributed by atoms with Crippen molar-refractivity contribution in [2.45, 2.75) is 6.92 Å². The van der Waals surface area contributed by atoms with E-state index >= 15 is 0 Å². The first kappa shape index (κ1) is 10.4. The zero-order valence-electron chi connectivity index (χ0n) is 9.01. The van der Waals surface area contributed by atoms with E-state index in [9.17, 15) is 4.79 Å². The summed E-state index contributed by atoms with van der Waals surface area (Å²) in [5.74, 6) is 0.275. The standard InChI is InChI=1S/C10H11N3O3/c1-3-16-10(14)9-12-11-8-5-4-7(15-2)6-13(8)9/h4-6H,3H2,1-2H3. The lowest BCUT2D eigenvalue weighted by Crippen LogP contribution is -2.09. The summed E-state index contributed by atoms with van der Waals surface area (Å²) < 4.78 is 11.5. The summed E-state index contributed by atoms with van der Waals surface area (Å²) >= 11 is 0. The van der Waals surface area contributed by atoms with Gasteiger partial charge < -0.3 is 9.47 Å². The first-order valence-corrected chi connectivity index (χ1v) is 4.82. The monoisotopic (exact) mass is 221 g/mol. The number of fused-ring (bicyclic) bond motifs is 1. The third-order valence-corrected chi connectivity index (χ3v) is 2.07. The van der Waals surface area contributed by atoms with Gasteiger partial charge in [-0.25, -0.2) is 4.79 Å². The zero-order valence-corrected chi connectivity index (χ0v) is 9.01. The van der Waals surface area contributed by atoms with Gasteiger partial charge in [-0.2, -0.15) is 0 Å². The van der Waals surface area contributed by atoms with E-state index in [4.69, 9.17) is 9.47 Å². The molecule has 0 spiro atoms. The molecule has 0 aromatic carbocycles. The van der Waals surface area contributed by atoms with Crippen molar-refractivity contribution in [3.8, 4) is 5.75 Å². The van der Waals surface area contributed by atoms with Gasteiger partial charge >= 0.3 is 5.97 Å². The Labute approximate surface area is 91.8 Å². The molecule has 0 aliphatic heterocycles. The lowest BCUT2D eigenvalue weighted by molar-refractivity contribution is 0.0510. The predicted molar refractivity (Wildman–Crippen MR) is 55.5 cm³/mol. The quantitative estimate of drug-likeness (QED) is 0.721. The molecule has 0 amide bonds. The van der Waals surface area contributed by atoms with Crippen molar-refractivity contribution in [1.82, 2.24) is 14.6 Å². The minimum Gasteiger partial charge on any atom is -0.495 e. The van der Waals surface area contributed by atoms with Gasteiger partial charge in [0.05, 0.1) is 19.9 Å². The molecule has 0 aliphatic carbocycles. The van der Waals surface area contributed by atoms with Gasteiger partial charge in [-0.05, 0) is 19.1 Å². The van der Waals surface area contributed by atoms with Gasteiger partial charge in [0.2, 0.25) is 5.82 Å². The summed E-state index contributed by atoms with van der Waals surface area (Å²) in [6, 6.07) is 3.47. The third kappa shape index (κ3) is 1.69. The Morgan fingerprint density at radius 2 is 2.25 bits per heavy atom. The lowest BCUT2D eigenvalue weighted by Gasteiger charge is -2.02. The van der Waals surface area contributed by atoms with Crippen LogP contribution >= 0.6 is 0 Å². The van der Waals surface area contributed by atoms with Crippen molar-refractivity contribution < 1.29 is 14.3 Å². The summed E-state index contributed by atoms with van der Waals surface area (Å²) in [5.41, 5.74) is 0.573. The lowest BCUT2D eigenvalue weighted by atomic mass is 10.4. The Balaban J connectivity index is 2.49. The van der Waals surface area contributed by atoms with Crippen LogP contribution in [0, 0.1) is 0 Å². The van der Waals surface area contributed by atoms with Crippen molar-refractivity contribution in [1.29, 1.82) is 0 Å². The Kier molecular flexibility index (Phi) is 2.72. The fourth-order valence-electron chi connectivity index (χ4n) is 1.33. The van der Waals surface area contributed by atoms with Gasteiger partial charge in [0.25, 0.3) is 0 Å². The topological polar surface area (TPSA) is 65.7 Å². The SMILES string of the molecule is CCOC(=O)c1nnc2ccc(OC)cn12. The minimum atomic E-state index is -0.497. The number of hydrogen-bond acceptors (Lipinski definition) is 5. The van der Waals surface area contributed by atoms with Gasteiger partial charge in [0, 0.05) is 0 Å². The molecule has 16 heavy (non-hydrogen) atoms. The summed E-state index contributed by atoms with van der Waals surface area (Å²) in [7, 11) is 1.55. The molecule has 2 aromatic rings. The molecule has 6 heteroatoms. The van der Waals surface area contributed by atoms with Crippen LogP contribution in [-0.4, -0.2) is 34.3 Å². The largest absolute Gasteiger partial charge is 0.495 e. The molecule has 0 radical (unpaired) electrons. The Morgan fingerprint density at radius 3 is 2.94 bits per heavy atom. The van der Waals surface area contributed by atoms with Crippen LogP contribution in [-0.2, 0) is 4.74 Å². The fraction of sp³-hybridized carbons (Fsp3) is 0.300. The van der Waals surface area contributed by atoms with Gasteiger partial charge in [0.15, 0.2) is 5.65 Å². The van der Waals surface area contributed by atoms with E-state index in [1.807, 2.05) is 0 Å². The maximum atomic E-state index is 11.5. The minimum absolute atomic E-state index is 0.149. The highest BCUT2D eigenvalue weighted by Gasteiger charge is 2.15. The molecule has 0 N–H and O–H groups in total. The number of nitrogens with zero attached hydrogens (tertiary/aromatic N) is 3. The van der Waals surface area contributed by atoms with Gasteiger partial charge in [-0.15, -0.1) is 10.2 Å². The number of carbonyl (C=O) groups is 1. The van der Waals surface area contributed by atoms with E-state index in [0.717, 1.165) is 0 Å². The molecule has 0 aliphatic rings. The summed E-state index contributed by atoms with van der Waals surface area (Å²) in [4.78, 5) is 11.5. The van der Waals surface area contributed by atoms with Crippen LogP contribution in [0.1, 0.15) is 17.5 Å². The summed E-state index contributed by atoms with van der Waals surface area (Å²) in [6.45, 7) is 2.04. The van der Waals surface area contributed by atoms with Gasteiger partial charge in [0.1, 0.15) is 5.75 Å². The molecule has 2 aromatic heterocycles. The number of carbonyl (C=O) groups excluding carboxylic acids is 1. The Hall–Kier alpha value is -2.11. The average molecular weight is 221 g/mol. The molecule has 6 nitrogen and oxygen atoms in total. The molecular weight excluding hydrogens is 210 g/mol. The van der Waals surface area contributed by atoms with Crippen LogP contribution in [0.5, 0.6) is 5.75 Å². The van der Waals surface area contributed by atoms with Crippen LogP contribution < -0.4 is 4.74 Å². The van der Waals surface area contributed by atoms with E-state index in [1.165, 1.54) is 4.40 Å². The smallest absolute Gasteiger partial charge is 0.376 e. The summed E-state index contributed by atoms with van der Waals surface area (Å²) in [5, 5.41) is 7.63. The van der Waals surface area contributed by atoms with Gasteiger partial charge in [-0.1, -0.05) is 0 Å². The number of aromatic nitrogens is 3. The van der Waals surface area contributed by atoms with E-state index in [-0.39, 0.29) is 5.82 Å². The Bertz CT molecular complexity index is 521. The van der Waals surface area contributed by atoms with Crippen LogP contribution in [0.3, 0.4) is 0 Å². The highest BCUT2D eigenvalue weighted by Crippen LogP contribution is 2.13. The van der Waals surface area contributed by atoms with Crippen molar-refractivity contribution in [3.63, 3.8) is 0 Å². The molecule has 2 rings (SSSR count). The predicted octanol–water partition coefficient (Wildman–Crippen LogP) is 0.915. The average Bonchev–Trinajstić information content (AvgIpc) is 2.71. The van der Waals surface area contributed by atoms with Gasteiger partial charge in [-0.3, -0.25) is 4.40 Å². The highest BCUT2D eigenvalue weighted by molar-refractivity contribution is 5.86. The molecule has 0 saturated carbocycles. The van der Waals surface area contributed by atoms with E-state index in [0.29, 0.717) is 18.0 Å². The van der Waals surface area contributed by atoms with Crippen LogP contribution in [0.15, 0.2) is 18.3 Å². The normalized spacial score (nSPS) is 10.4. The van der Waals surface area contributed by atoms with Crippen molar-refractivity contribution in [2.24, 2.45) is 0 Å². The second kappa shape index (κ2) is 4.18. The number of methoxy groups -OCH3 is 1. The molecule has 0 unspecified atom stereocenters. The number of hydrogen-bond donors (Lipinski definition) is 0. The van der Waals surface area contributed by atoms with Crippen molar-refractivity contribution in [2.75, 3.05) is 13.7 Å². The second-order valence-electron chi connectivity index (χ2n) is 3.04. The number of esters is 1. The maximum Gasteiger partial charge on any atom is 0.376 e. The van der Waals surface area contributed by atoms with E-state index in [2.05, 4.69) is 10.2 Å². The highest BCUT2D eigenvalue weighted by atomic mass is 16.5. The van der Waals surface area contributed by atoms with Crippen LogP contribution in [0.4, 0.5) is 0 Å². The summed E-state index contributed by atoms with van der Waals surface area (Å²) in [6.07, 6.45) is 1.64. The molecule has 0 saturated heterocycles. The molecule has 0 fully saturated rings. The first-order chi connectivity index (χ1) is 7.76. The van der Waals surface area contributed by atoms with E-state index in [1.54, 1.807) is 32.4 Å². The van der Waals surface area contributed by atoms with Crippen molar-refractivity contribution in [3.05, 3.63) is 24.2 Å². The number of pyridine rings is 1. The fourth-order valence-corrected chi connectivity index (χ4v) is 1.33. The number of ether oxygens (including phenoxy) is 2. The van der Waals surface area contributed by atoms with Crippen LogP contribution in [0.25, 0.3) is 5.65 Å². The Morgan fingerprint density at radius 1 is 1.44 bits per heavy atom. The molecule has 0 atom stereocenters. The number of rotatable bonds is 3. The third-order valence-electron chi connectivity index (χ3n) is 2.07.